The summed E-state index contributed by atoms with van der Waals surface area (Å²) in [5.74, 6) is 0.792. The van der Waals surface area contributed by atoms with E-state index >= 15 is 0 Å². The van der Waals surface area contributed by atoms with Crippen LogP contribution in [-0.4, -0.2) is 41.9 Å². The molecule has 0 fully saturated rings. The van der Waals surface area contributed by atoms with Gasteiger partial charge in [-0.1, -0.05) is 30.3 Å². The first kappa shape index (κ1) is 19.1. The van der Waals surface area contributed by atoms with Gasteiger partial charge in [0.1, 0.15) is 11.5 Å². The van der Waals surface area contributed by atoms with E-state index in [2.05, 4.69) is 42.7 Å². The summed E-state index contributed by atoms with van der Waals surface area (Å²) in [4.78, 5) is 32.5. The molecule has 1 aliphatic heterocycles. The van der Waals surface area contributed by atoms with Gasteiger partial charge in [0.2, 0.25) is 0 Å². The fourth-order valence-corrected chi connectivity index (χ4v) is 4.10. The molecule has 1 aromatic carbocycles. The number of rotatable bonds is 4. The van der Waals surface area contributed by atoms with Crippen molar-refractivity contribution in [3.63, 3.8) is 0 Å². The molecule has 0 aliphatic carbocycles. The van der Waals surface area contributed by atoms with Gasteiger partial charge in [0.05, 0.1) is 24.4 Å². The standard InChI is InChI=1S/C24H22N6O/c1-17-11-28-22(13-27-17)24(31)30-15-19-6-2-3-7-20(19)21(16-30)23-26-9-10-29(23)14-18-5-4-8-25-12-18/h2-13,21H,14-16H2,1H3/t21-/m0/s1. The van der Waals surface area contributed by atoms with Crippen LogP contribution in [0.3, 0.4) is 0 Å². The molecule has 154 valence electrons. The van der Waals surface area contributed by atoms with Gasteiger partial charge in [-0.3, -0.25) is 14.8 Å². The van der Waals surface area contributed by atoms with E-state index in [9.17, 15) is 4.79 Å². The first-order chi connectivity index (χ1) is 15.2. The van der Waals surface area contributed by atoms with Crippen molar-refractivity contribution in [3.8, 4) is 0 Å². The largest absolute Gasteiger partial charge is 0.332 e. The van der Waals surface area contributed by atoms with Gasteiger partial charge in [-0.05, 0) is 29.7 Å². The molecule has 4 aromatic rings. The highest BCUT2D eigenvalue weighted by Crippen LogP contribution is 2.33. The van der Waals surface area contributed by atoms with E-state index in [0.717, 1.165) is 22.6 Å². The molecule has 0 saturated carbocycles. The van der Waals surface area contributed by atoms with Crippen LogP contribution in [0.5, 0.6) is 0 Å². The molecule has 7 nitrogen and oxygen atoms in total. The highest BCUT2D eigenvalue weighted by Gasteiger charge is 2.32. The highest BCUT2D eigenvalue weighted by atomic mass is 16.2. The summed E-state index contributed by atoms with van der Waals surface area (Å²) in [7, 11) is 0. The minimum atomic E-state index is -0.114. The van der Waals surface area contributed by atoms with Gasteiger partial charge < -0.3 is 9.47 Å². The molecule has 0 saturated heterocycles. The molecule has 0 radical (unpaired) electrons. The van der Waals surface area contributed by atoms with Gasteiger partial charge in [-0.25, -0.2) is 9.97 Å². The summed E-state index contributed by atoms with van der Waals surface area (Å²) < 4.78 is 2.14. The molecule has 3 aromatic heterocycles. The number of amides is 1. The third-order valence-electron chi connectivity index (χ3n) is 5.62. The molecular weight excluding hydrogens is 388 g/mol. The summed E-state index contributed by atoms with van der Waals surface area (Å²) in [5, 5.41) is 0. The molecule has 4 heterocycles. The van der Waals surface area contributed by atoms with Crippen molar-refractivity contribution >= 4 is 5.91 Å². The Morgan fingerprint density at radius 3 is 2.74 bits per heavy atom. The van der Waals surface area contributed by atoms with Crippen LogP contribution in [0.2, 0.25) is 0 Å². The van der Waals surface area contributed by atoms with Crippen molar-refractivity contribution in [2.45, 2.75) is 25.9 Å². The van der Waals surface area contributed by atoms with Crippen LogP contribution in [0, 0.1) is 6.92 Å². The van der Waals surface area contributed by atoms with Gasteiger partial charge in [0, 0.05) is 44.1 Å². The van der Waals surface area contributed by atoms with E-state index < -0.39 is 0 Å². The number of carbonyl (C=O) groups is 1. The van der Waals surface area contributed by atoms with Gasteiger partial charge in [-0.15, -0.1) is 0 Å². The maximum Gasteiger partial charge on any atom is 0.274 e. The second-order valence-corrected chi connectivity index (χ2v) is 7.75. The van der Waals surface area contributed by atoms with Gasteiger partial charge in [-0.2, -0.15) is 0 Å². The Labute approximate surface area is 180 Å². The number of aromatic nitrogens is 5. The van der Waals surface area contributed by atoms with Crippen LogP contribution in [0.15, 0.2) is 73.6 Å². The zero-order valence-corrected chi connectivity index (χ0v) is 17.2. The van der Waals surface area contributed by atoms with Crippen molar-refractivity contribution in [3.05, 3.63) is 107 Å². The van der Waals surface area contributed by atoms with E-state index in [1.54, 1.807) is 18.6 Å². The number of hydrogen-bond acceptors (Lipinski definition) is 5. The second kappa shape index (κ2) is 8.10. The van der Waals surface area contributed by atoms with Crippen molar-refractivity contribution in [2.75, 3.05) is 6.54 Å². The van der Waals surface area contributed by atoms with E-state index in [4.69, 9.17) is 0 Å². The number of benzene rings is 1. The molecule has 0 unspecified atom stereocenters. The number of nitrogens with zero attached hydrogens (tertiary/aromatic N) is 6. The van der Waals surface area contributed by atoms with Gasteiger partial charge in [0.25, 0.3) is 5.91 Å². The predicted octanol–water partition coefficient (Wildman–Crippen LogP) is 3.21. The van der Waals surface area contributed by atoms with E-state index in [1.807, 2.05) is 48.6 Å². The van der Waals surface area contributed by atoms with Crippen LogP contribution in [0.25, 0.3) is 0 Å². The Balaban J connectivity index is 1.49. The van der Waals surface area contributed by atoms with E-state index in [1.165, 1.54) is 5.56 Å². The molecule has 31 heavy (non-hydrogen) atoms. The van der Waals surface area contributed by atoms with Gasteiger partial charge in [0.15, 0.2) is 0 Å². The van der Waals surface area contributed by atoms with Crippen LogP contribution >= 0.6 is 0 Å². The summed E-state index contributed by atoms with van der Waals surface area (Å²) in [6.07, 6.45) is 10.6. The first-order valence-corrected chi connectivity index (χ1v) is 10.2. The average Bonchev–Trinajstić information content (AvgIpc) is 3.27. The lowest BCUT2D eigenvalue weighted by molar-refractivity contribution is 0.0716. The molecule has 0 N–H and O–H groups in total. The summed E-state index contributed by atoms with van der Waals surface area (Å²) in [5.41, 5.74) is 4.59. The molecule has 1 aliphatic rings. The van der Waals surface area contributed by atoms with Crippen LogP contribution in [-0.2, 0) is 13.1 Å². The Morgan fingerprint density at radius 1 is 1.03 bits per heavy atom. The maximum absolute atomic E-state index is 13.2. The lowest BCUT2D eigenvalue weighted by atomic mass is 9.88. The topological polar surface area (TPSA) is 76.8 Å². The lowest BCUT2D eigenvalue weighted by Gasteiger charge is -2.34. The summed E-state index contributed by atoms with van der Waals surface area (Å²) >= 11 is 0. The normalized spacial score (nSPS) is 15.5. The lowest BCUT2D eigenvalue weighted by Crippen LogP contribution is -2.39. The smallest absolute Gasteiger partial charge is 0.274 e. The summed E-state index contributed by atoms with van der Waals surface area (Å²) in [6, 6.07) is 12.3. The first-order valence-electron chi connectivity index (χ1n) is 10.2. The number of carbonyl (C=O) groups excluding carboxylic acids is 1. The molecule has 5 rings (SSSR count). The Kier molecular flexibility index (Phi) is 5.00. The number of hydrogen-bond donors (Lipinski definition) is 0. The molecule has 0 spiro atoms. The minimum absolute atomic E-state index is 0.0287. The monoisotopic (exact) mass is 410 g/mol. The van der Waals surface area contributed by atoms with E-state index in [0.29, 0.717) is 25.3 Å². The summed E-state index contributed by atoms with van der Waals surface area (Å²) in [6.45, 7) is 3.62. The number of aryl methyl sites for hydroxylation is 1. The van der Waals surface area contributed by atoms with Crippen LogP contribution in [0.4, 0.5) is 0 Å². The molecule has 0 bridgehead atoms. The maximum atomic E-state index is 13.2. The fourth-order valence-electron chi connectivity index (χ4n) is 4.10. The molecular formula is C24H22N6O. The minimum Gasteiger partial charge on any atom is -0.332 e. The fraction of sp³-hybridized carbons (Fsp3) is 0.208. The van der Waals surface area contributed by atoms with Crippen molar-refractivity contribution in [1.29, 1.82) is 0 Å². The van der Waals surface area contributed by atoms with E-state index in [-0.39, 0.29) is 11.8 Å². The predicted molar refractivity (Wildman–Crippen MR) is 115 cm³/mol. The Bertz CT molecular complexity index is 1200. The number of fused-ring (bicyclic) bond motifs is 1. The molecule has 1 amide bonds. The highest BCUT2D eigenvalue weighted by molar-refractivity contribution is 5.92. The molecule has 7 heteroatoms. The number of pyridine rings is 1. The van der Waals surface area contributed by atoms with Crippen LogP contribution in [0.1, 0.15) is 44.6 Å². The SMILES string of the molecule is Cc1cnc(C(=O)N2Cc3ccccc3[C@@H](c3nccn3Cc3cccnc3)C2)cn1. The Morgan fingerprint density at radius 2 is 1.94 bits per heavy atom. The van der Waals surface area contributed by atoms with Crippen molar-refractivity contribution < 1.29 is 4.79 Å². The number of imidazole rings is 1. The second-order valence-electron chi connectivity index (χ2n) is 7.75. The third kappa shape index (κ3) is 3.82. The quantitative estimate of drug-likeness (QED) is 0.516. The van der Waals surface area contributed by atoms with Crippen molar-refractivity contribution in [1.82, 2.24) is 29.4 Å². The zero-order valence-electron chi connectivity index (χ0n) is 17.2. The molecule has 1 atom stereocenters. The van der Waals surface area contributed by atoms with Crippen LogP contribution < -0.4 is 0 Å². The third-order valence-corrected chi connectivity index (χ3v) is 5.62. The zero-order chi connectivity index (χ0) is 21.2. The average molecular weight is 410 g/mol. The Hall–Kier alpha value is -3.87. The van der Waals surface area contributed by atoms with Crippen molar-refractivity contribution in [2.24, 2.45) is 0 Å². The van der Waals surface area contributed by atoms with Gasteiger partial charge >= 0.3 is 0 Å².